The van der Waals surface area contributed by atoms with Crippen molar-refractivity contribution < 1.29 is 27.5 Å². The van der Waals surface area contributed by atoms with Gasteiger partial charge in [-0.15, -0.1) is 0 Å². The maximum absolute atomic E-state index is 13.1. The molecule has 12 heteroatoms. The first-order valence-electron chi connectivity index (χ1n) is 10.1. The molecule has 1 aliphatic heterocycles. The molecule has 0 radical (unpaired) electrons. The van der Waals surface area contributed by atoms with Crippen molar-refractivity contribution in [1.29, 1.82) is 0 Å². The highest BCUT2D eigenvalue weighted by atomic mass is 35.5. The molecule has 0 bridgehead atoms. The van der Waals surface area contributed by atoms with Gasteiger partial charge in [0.05, 0.1) is 41.8 Å². The lowest BCUT2D eigenvalue weighted by Crippen LogP contribution is -2.47. The number of benzene rings is 2. The molecule has 4 rings (SSSR count). The number of amides is 2. The number of hydrogen-bond acceptors (Lipinski definition) is 5. The van der Waals surface area contributed by atoms with Crippen molar-refractivity contribution in [3.63, 3.8) is 0 Å². The van der Waals surface area contributed by atoms with Crippen LogP contribution in [-0.4, -0.2) is 48.3 Å². The number of halogens is 4. The van der Waals surface area contributed by atoms with Crippen LogP contribution in [-0.2, 0) is 11.0 Å². The number of piperazine rings is 1. The van der Waals surface area contributed by atoms with E-state index in [0.29, 0.717) is 29.5 Å². The molecule has 2 aromatic carbocycles. The van der Waals surface area contributed by atoms with E-state index in [2.05, 4.69) is 15.7 Å². The lowest BCUT2D eigenvalue weighted by molar-refractivity contribution is -0.137. The van der Waals surface area contributed by atoms with Crippen molar-refractivity contribution in [3.8, 4) is 11.4 Å². The van der Waals surface area contributed by atoms with Crippen LogP contribution in [0.3, 0.4) is 0 Å². The van der Waals surface area contributed by atoms with Crippen LogP contribution in [0, 0.1) is 0 Å². The zero-order valence-corrected chi connectivity index (χ0v) is 18.6. The first kappa shape index (κ1) is 23.4. The van der Waals surface area contributed by atoms with Crippen LogP contribution >= 0.6 is 11.6 Å². The summed E-state index contributed by atoms with van der Waals surface area (Å²) in [5.74, 6) is -0.663. The number of ether oxygens (including phenoxy) is 1. The van der Waals surface area contributed by atoms with E-state index in [1.165, 1.54) is 31.5 Å². The molecule has 2 amide bonds. The summed E-state index contributed by atoms with van der Waals surface area (Å²) in [5, 5.41) is 9.85. The summed E-state index contributed by atoms with van der Waals surface area (Å²) < 4.78 is 45.5. The minimum Gasteiger partial charge on any atom is -0.493 e. The van der Waals surface area contributed by atoms with Crippen molar-refractivity contribution in [1.82, 2.24) is 15.1 Å². The molecule has 34 heavy (non-hydrogen) atoms. The fourth-order valence-electron chi connectivity index (χ4n) is 3.50. The third-order valence-electron chi connectivity index (χ3n) is 5.14. The van der Waals surface area contributed by atoms with Gasteiger partial charge >= 0.3 is 6.18 Å². The number of alkyl halides is 3. The Morgan fingerprint density at radius 2 is 2.03 bits per heavy atom. The van der Waals surface area contributed by atoms with E-state index in [9.17, 15) is 22.8 Å². The average molecular weight is 494 g/mol. The van der Waals surface area contributed by atoms with Crippen LogP contribution in [0.1, 0.15) is 16.1 Å². The summed E-state index contributed by atoms with van der Waals surface area (Å²) in [6.45, 7) is 1.28. The van der Waals surface area contributed by atoms with E-state index in [4.69, 9.17) is 16.3 Å². The molecule has 0 aliphatic carbocycles. The second-order valence-corrected chi connectivity index (χ2v) is 7.84. The molecule has 3 aromatic rings. The number of aromatic nitrogens is 2. The van der Waals surface area contributed by atoms with Crippen LogP contribution in [0.2, 0.25) is 5.02 Å². The predicted molar refractivity (Wildman–Crippen MR) is 120 cm³/mol. The zero-order chi connectivity index (χ0) is 24.5. The van der Waals surface area contributed by atoms with Crippen molar-refractivity contribution in [2.45, 2.75) is 6.18 Å². The number of hydrogen-bond donors (Lipinski definition) is 2. The lowest BCUT2D eigenvalue weighted by Gasteiger charge is -2.29. The number of rotatable bonds is 5. The molecule has 0 unspecified atom stereocenters. The van der Waals surface area contributed by atoms with Gasteiger partial charge in [-0.2, -0.15) is 18.3 Å². The Labute approximate surface area is 197 Å². The topological polar surface area (TPSA) is 88.5 Å². The molecule has 0 spiro atoms. The Kier molecular flexibility index (Phi) is 6.38. The SMILES string of the molecule is COc1cn(-c2cccc(C(F)(F)F)c2)nc1C(=O)Nc1ccc(N2CCNC(=O)C2)c(Cl)c1. The molecule has 0 saturated carbocycles. The Bertz CT molecular complexity index is 1240. The van der Waals surface area contributed by atoms with Gasteiger partial charge in [0.25, 0.3) is 5.91 Å². The van der Waals surface area contributed by atoms with E-state index in [-0.39, 0.29) is 29.6 Å². The van der Waals surface area contributed by atoms with Gasteiger partial charge in [-0.05, 0) is 36.4 Å². The number of anilines is 2. The Morgan fingerprint density at radius 3 is 2.71 bits per heavy atom. The Balaban J connectivity index is 1.55. The molecular formula is C22H19ClF3N5O3. The highest BCUT2D eigenvalue weighted by Gasteiger charge is 2.31. The first-order chi connectivity index (χ1) is 16.2. The Hall–Kier alpha value is -3.73. The maximum atomic E-state index is 13.1. The summed E-state index contributed by atoms with van der Waals surface area (Å²) >= 11 is 6.37. The van der Waals surface area contributed by atoms with E-state index in [1.807, 2.05) is 4.90 Å². The van der Waals surface area contributed by atoms with Crippen LogP contribution in [0.4, 0.5) is 24.5 Å². The molecule has 0 atom stereocenters. The molecule has 178 valence electrons. The third kappa shape index (κ3) is 4.93. The largest absolute Gasteiger partial charge is 0.493 e. The average Bonchev–Trinajstić information content (AvgIpc) is 3.23. The predicted octanol–water partition coefficient (Wildman–Crippen LogP) is 3.74. The number of carbonyl (C=O) groups is 2. The molecule has 2 N–H and O–H groups in total. The van der Waals surface area contributed by atoms with E-state index >= 15 is 0 Å². The standard InChI is InChI=1S/C22H19ClF3N5O3/c1-34-18-11-31(15-4-2-3-13(9-15)22(24,25)26)29-20(18)21(33)28-14-5-6-17(16(23)10-14)30-8-7-27-19(32)12-30/h2-6,9-11H,7-8,12H2,1H3,(H,27,32)(H,28,33). The van der Waals surface area contributed by atoms with Crippen molar-refractivity contribution in [2.24, 2.45) is 0 Å². The van der Waals surface area contributed by atoms with Crippen LogP contribution in [0.5, 0.6) is 5.75 Å². The summed E-state index contributed by atoms with van der Waals surface area (Å²) in [5.41, 5.74) is 0.182. The normalized spacial score (nSPS) is 14.0. The van der Waals surface area contributed by atoms with Gasteiger partial charge in [-0.3, -0.25) is 9.59 Å². The number of nitrogens with zero attached hydrogens (tertiary/aromatic N) is 3. The maximum Gasteiger partial charge on any atom is 0.416 e. The third-order valence-corrected chi connectivity index (χ3v) is 5.44. The fraction of sp³-hybridized carbons (Fsp3) is 0.227. The van der Waals surface area contributed by atoms with Crippen molar-refractivity contribution in [2.75, 3.05) is 37.0 Å². The van der Waals surface area contributed by atoms with Gasteiger partial charge in [0, 0.05) is 18.8 Å². The molecule has 1 saturated heterocycles. The van der Waals surface area contributed by atoms with Gasteiger partial charge in [-0.1, -0.05) is 17.7 Å². The molecule has 2 heterocycles. The fourth-order valence-corrected chi connectivity index (χ4v) is 3.80. The first-order valence-corrected chi connectivity index (χ1v) is 10.5. The summed E-state index contributed by atoms with van der Waals surface area (Å²) in [7, 11) is 1.32. The van der Waals surface area contributed by atoms with E-state index in [0.717, 1.165) is 16.8 Å². The quantitative estimate of drug-likeness (QED) is 0.565. The highest BCUT2D eigenvalue weighted by molar-refractivity contribution is 6.33. The lowest BCUT2D eigenvalue weighted by atomic mass is 10.2. The molecule has 1 fully saturated rings. The molecule has 1 aliphatic rings. The smallest absolute Gasteiger partial charge is 0.416 e. The second-order valence-electron chi connectivity index (χ2n) is 7.43. The number of carbonyl (C=O) groups excluding carboxylic acids is 2. The minimum atomic E-state index is -4.52. The minimum absolute atomic E-state index is 0.0805. The summed E-state index contributed by atoms with van der Waals surface area (Å²) in [6.07, 6.45) is -3.20. The number of methoxy groups -OCH3 is 1. The van der Waals surface area contributed by atoms with Gasteiger partial charge in [0.1, 0.15) is 0 Å². The van der Waals surface area contributed by atoms with Gasteiger partial charge < -0.3 is 20.3 Å². The van der Waals surface area contributed by atoms with Gasteiger partial charge in [-0.25, -0.2) is 4.68 Å². The molecule has 8 nitrogen and oxygen atoms in total. The van der Waals surface area contributed by atoms with Crippen molar-refractivity contribution >= 4 is 34.8 Å². The molecule has 1 aromatic heterocycles. The summed E-state index contributed by atoms with van der Waals surface area (Å²) in [4.78, 5) is 26.3. The van der Waals surface area contributed by atoms with Crippen molar-refractivity contribution in [3.05, 3.63) is 64.9 Å². The van der Waals surface area contributed by atoms with Crippen LogP contribution in [0.25, 0.3) is 5.69 Å². The Morgan fingerprint density at radius 1 is 1.24 bits per heavy atom. The number of nitrogens with one attached hydrogen (secondary N) is 2. The zero-order valence-electron chi connectivity index (χ0n) is 17.8. The molecular weight excluding hydrogens is 475 g/mol. The van der Waals surface area contributed by atoms with Crippen LogP contribution < -0.4 is 20.3 Å². The highest BCUT2D eigenvalue weighted by Crippen LogP contribution is 2.32. The second kappa shape index (κ2) is 9.26. The van der Waals surface area contributed by atoms with E-state index in [1.54, 1.807) is 12.1 Å². The summed E-state index contributed by atoms with van der Waals surface area (Å²) in [6, 6.07) is 9.41. The van der Waals surface area contributed by atoms with Crippen LogP contribution in [0.15, 0.2) is 48.7 Å². The van der Waals surface area contributed by atoms with E-state index < -0.39 is 17.6 Å². The van der Waals surface area contributed by atoms with Gasteiger partial charge in [0.15, 0.2) is 11.4 Å². The van der Waals surface area contributed by atoms with Gasteiger partial charge in [0.2, 0.25) is 5.91 Å². The monoisotopic (exact) mass is 493 g/mol.